The van der Waals surface area contributed by atoms with Gasteiger partial charge in [0.05, 0.1) is 12.2 Å². The second-order valence-electron chi connectivity index (χ2n) is 6.84. The number of fused-ring (bicyclic) bond motifs is 2. The zero-order valence-corrected chi connectivity index (χ0v) is 15.5. The van der Waals surface area contributed by atoms with E-state index in [0.717, 1.165) is 33.4 Å². The normalized spacial score (nSPS) is 11.5. The molecule has 0 amide bonds. The van der Waals surface area contributed by atoms with Crippen molar-refractivity contribution in [2.45, 2.75) is 13.5 Å². The van der Waals surface area contributed by atoms with E-state index < -0.39 is 0 Å². The third kappa shape index (κ3) is 2.51. The second-order valence-corrected chi connectivity index (χ2v) is 6.84. The van der Waals surface area contributed by atoms with Gasteiger partial charge in [-0.2, -0.15) is 5.10 Å². The van der Waals surface area contributed by atoms with Gasteiger partial charge in [-0.15, -0.1) is 0 Å². The summed E-state index contributed by atoms with van der Waals surface area (Å²) in [4.78, 5) is 13.1. The molecule has 0 spiro atoms. The highest BCUT2D eigenvalue weighted by atomic mass is 16.6. The number of aryl methyl sites for hydroxylation is 2. The topological polar surface area (TPSA) is 78.7 Å². The molecule has 7 heteroatoms. The molecular weight excluding hydrogens is 354 g/mol. The van der Waals surface area contributed by atoms with E-state index in [1.165, 1.54) is 0 Å². The summed E-state index contributed by atoms with van der Waals surface area (Å²) in [5, 5.41) is 13.3. The van der Waals surface area contributed by atoms with E-state index in [1.54, 1.807) is 15.3 Å². The van der Waals surface area contributed by atoms with Gasteiger partial charge in [-0.25, -0.2) is 4.63 Å². The van der Waals surface area contributed by atoms with E-state index in [0.29, 0.717) is 17.6 Å². The van der Waals surface area contributed by atoms with Gasteiger partial charge in [-0.05, 0) is 46.1 Å². The van der Waals surface area contributed by atoms with Crippen LogP contribution in [0.15, 0.2) is 64.0 Å². The van der Waals surface area contributed by atoms with E-state index in [-0.39, 0.29) is 5.56 Å². The van der Waals surface area contributed by atoms with Gasteiger partial charge in [-0.3, -0.25) is 14.0 Å². The van der Waals surface area contributed by atoms with Gasteiger partial charge in [0.2, 0.25) is 0 Å². The van der Waals surface area contributed by atoms with Crippen molar-refractivity contribution < 1.29 is 4.63 Å². The van der Waals surface area contributed by atoms with Gasteiger partial charge >= 0.3 is 0 Å². The van der Waals surface area contributed by atoms with Crippen LogP contribution < -0.4 is 5.56 Å². The minimum Gasteiger partial charge on any atom is -0.288 e. The molecule has 28 heavy (non-hydrogen) atoms. The molecule has 2 aromatic carbocycles. The molecule has 7 nitrogen and oxygen atoms in total. The van der Waals surface area contributed by atoms with Crippen LogP contribution >= 0.6 is 0 Å². The van der Waals surface area contributed by atoms with Crippen LogP contribution in [0.3, 0.4) is 0 Å². The third-order valence-electron chi connectivity index (χ3n) is 4.99. The predicted octanol–water partition coefficient (Wildman–Crippen LogP) is 3.29. The lowest BCUT2D eigenvalue weighted by Crippen LogP contribution is -2.22. The maximum absolute atomic E-state index is 13.1. The van der Waals surface area contributed by atoms with Gasteiger partial charge in [0.25, 0.3) is 5.56 Å². The molecule has 5 rings (SSSR count). The minimum atomic E-state index is -0.0762. The molecule has 0 saturated carbocycles. The lowest BCUT2D eigenvalue weighted by molar-refractivity contribution is 0.315. The van der Waals surface area contributed by atoms with Crippen LogP contribution in [0.25, 0.3) is 33.2 Å². The Hall–Kier alpha value is -3.74. The molecule has 138 valence electrons. The lowest BCUT2D eigenvalue weighted by atomic mass is 10.0. The highest BCUT2D eigenvalue weighted by Gasteiger charge is 2.17. The average Bonchev–Trinajstić information content (AvgIpc) is 3.28. The van der Waals surface area contributed by atoms with Crippen LogP contribution in [0.4, 0.5) is 0 Å². The Labute approximate surface area is 159 Å². The quantitative estimate of drug-likeness (QED) is 0.486. The minimum absolute atomic E-state index is 0.0762. The van der Waals surface area contributed by atoms with Crippen molar-refractivity contribution in [2.75, 3.05) is 0 Å². The first-order valence-corrected chi connectivity index (χ1v) is 8.95. The molecule has 0 saturated heterocycles. The summed E-state index contributed by atoms with van der Waals surface area (Å²) in [6.45, 7) is 2.38. The van der Waals surface area contributed by atoms with Crippen molar-refractivity contribution in [1.29, 1.82) is 0 Å². The predicted molar refractivity (Wildman–Crippen MR) is 106 cm³/mol. The monoisotopic (exact) mass is 371 g/mol. The number of aromatic nitrogens is 5. The molecule has 3 heterocycles. The van der Waals surface area contributed by atoms with Gasteiger partial charge in [0.1, 0.15) is 16.7 Å². The summed E-state index contributed by atoms with van der Waals surface area (Å²) in [5.41, 5.74) is 5.82. The lowest BCUT2D eigenvalue weighted by Gasteiger charge is -2.12. The van der Waals surface area contributed by atoms with Gasteiger partial charge in [-0.1, -0.05) is 36.4 Å². The molecule has 0 aliphatic heterocycles. The number of hydrogen-bond acceptors (Lipinski definition) is 5. The average molecular weight is 371 g/mol. The van der Waals surface area contributed by atoms with E-state index in [2.05, 4.69) is 15.4 Å². The first-order chi connectivity index (χ1) is 13.6. The zero-order chi connectivity index (χ0) is 19.3. The van der Waals surface area contributed by atoms with Crippen LogP contribution in [-0.2, 0) is 13.6 Å². The van der Waals surface area contributed by atoms with Gasteiger partial charge in [0.15, 0.2) is 0 Å². The van der Waals surface area contributed by atoms with Crippen molar-refractivity contribution in [3.8, 4) is 11.1 Å². The maximum atomic E-state index is 13.1. The summed E-state index contributed by atoms with van der Waals surface area (Å²) in [5.74, 6) is 0. The van der Waals surface area contributed by atoms with Crippen LogP contribution in [0.1, 0.15) is 11.3 Å². The Morgan fingerprint density at radius 2 is 1.79 bits per heavy atom. The maximum Gasteiger partial charge on any atom is 0.253 e. The summed E-state index contributed by atoms with van der Waals surface area (Å²) in [7, 11) is 1.87. The van der Waals surface area contributed by atoms with E-state index in [1.807, 2.05) is 62.5 Å². The van der Waals surface area contributed by atoms with Crippen LogP contribution in [0, 0.1) is 6.92 Å². The number of pyridine rings is 1. The fourth-order valence-corrected chi connectivity index (χ4v) is 3.76. The Bertz CT molecular complexity index is 1380. The zero-order valence-electron chi connectivity index (χ0n) is 15.5. The summed E-state index contributed by atoms with van der Waals surface area (Å²) in [6, 6.07) is 17.3. The largest absolute Gasteiger partial charge is 0.288 e. The van der Waals surface area contributed by atoms with Crippen molar-refractivity contribution in [3.05, 3.63) is 76.2 Å². The van der Waals surface area contributed by atoms with Crippen molar-refractivity contribution in [2.24, 2.45) is 7.05 Å². The third-order valence-corrected chi connectivity index (χ3v) is 4.99. The molecule has 5 aromatic rings. The highest BCUT2D eigenvalue weighted by Crippen LogP contribution is 2.29. The van der Waals surface area contributed by atoms with E-state index in [4.69, 9.17) is 4.63 Å². The molecule has 0 fully saturated rings. The Morgan fingerprint density at radius 1 is 1.00 bits per heavy atom. The van der Waals surface area contributed by atoms with Crippen molar-refractivity contribution in [1.82, 2.24) is 24.7 Å². The number of rotatable bonds is 3. The summed E-state index contributed by atoms with van der Waals surface area (Å²) >= 11 is 0. The molecule has 0 N–H and O–H groups in total. The van der Waals surface area contributed by atoms with Crippen molar-refractivity contribution >= 4 is 22.1 Å². The molecule has 0 atom stereocenters. The highest BCUT2D eigenvalue weighted by molar-refractivity contribution is 5.95. The molecule has 0 aliphatic rings. The number of hydrogen-bond donors (Lipinski definition) is 0. The van der Waals surface area contributed by atoms with E-state index >= 15 is 0 Å². The molecule has 3 aromatic heterocycles. The van der Waals surface area contributed by atoms with E-state index in [9.17, 15) is 4.79 Å². The standard InChI is InChI=1S/C21H17N5O2/c1-13-20-16(15-6-4-3-5-7-15)11-19(27)26(21(20)25(2)22-13)12-14-8-9-17-18(10-14)24-28-23-17/h3-11H,12H2,1-2H3. The fraction of sp³-hybridized carbons (Fsp3) is 0.143. The first-order valence-electron chi connectivity index (χ1n) is 8.95. The molecular formula is C21H17N5O2. The Kier molecular flexibility index (Phi) is 3.61. The van der Waals surface area contributed by atoms with Crippen LogP contribution in [0.2, 0.25) is 0 Å². The van der Waals surface area contributed by atoms with Crippen LogP contribution in [0.5, 0.6) is 0 Å². The fourth-order valence-electron chi connectivity index (χ4n) is 3.76. The number of benzene rings is 2. The Morgan fingerprint density at radius 3 is 2.61 bits per heavy atom. The molecule has 0 radical (unpaired) electrons. The van der Waals surface area contributed by atoms with Gasteiger partial charge < -0.3 is 0 Å². The molecule has 0 bridgehead atoms. The Balaban J connectivity index is 1.73. The van der Waals surface area contributed by atoms with Crippen molar-refractivity contribution in [3.63, 3.8) is 0 Å². The SMILES string of the molecule is Cc1nn(C)c2c1c(-c1ccccc1)cc(=O)n2Cc1ccc2nonc2c1. The number of nitrogens with zero attached hydrogens (tertiary/aromatic N) is 5. The summed E-state index contributed by atoms with van der Waals surface area (Å²) in [6.07, 6.45) is 0. The molecule has 0 unspecified atom stereocenters. The first kappa shape index (κ1) is 16.4. The smallest absolute Gasteiger partial charge is 0.253 e. The van der Waals surface area contributed by atoms with Crippen LogP contribution in [-0.4, -0.2) is 24.7 Å². The van der Waals surface area contributed by atoms with Gasteiger partial charge in [0, 0.05) is 18.5 Å². The summed E-state index contributed by atoms with van der Waals surface area (Å²) < 4.78 is 8.29. The second kappa shape index (κ2) is 6.16. The molecule has 0 aliphatic carbocycles.